The Morgan fingerprint density at radius 2 is 1.70 bits per heavy atom. The van der Waals surface area contributed by atoms with Crippen molar-refractivity contribution >= 4 is 17.9 Å². The van der Waals surface area contributed by atoms with Crippen LogP contribution < -0.4 is 0 Å². The zero-order valence-corrected chi connectivity index (χ0v) is 13.7. The smallest absolute Gasteiger partial charge is 0.430 e. The number of nitrogens with zero attached hydrogens (tertiary/aromatic N) is 2. The predicted octanol–water partition coefficient (Wildman–Crippen LogP) is 3.01. The fourth-order valence-corrected chi connectivity index (χ4v) is 2.21. The second kappa shape index (κ2) is 5.87. The molecule has 23 heavy (non-hydrogen) atoms. The lowest BCUT2D eigenvalue weighted by molar-refractivity contribution is -0.0359. The third-order valence-electron chi connectivity index (χ3n) is 3.30. The van der Waals surface area contributed by atoms with Crippen LogP contribution in [0.25, 0.3) is 0 Å². The van der Waals surface area contributed by atoms with Crippen molar-refractivity contribution in [2.24, 2.45) is 0 Å². The molecule has 1 atom stereocenters. The zero-order chi connectivity index (χ0) is 17.4. The van der Waals surface area contributed by atoms with E-state index in [-0.39, 0.29) is 11.1 Å². The molecule has 1 aromatic rings. The molecule has 0 bridgehead atoms. The van der Waals surface area contributed by atoms with Gasteiger partial charge in [-0.15, -0.1) is 6.58 Å². The van der Waals surface area contributed by atoms with E-state index in [0.29, 0.717) is 0 Å². The van der Waals surface area contributed by atoms with Gasteiger partial charge in [0.05, 0.1) is 17.2 Å². The first kappa shape index (κ1) is 16.7. The van der Waals surface area contributed by atoms with E-state index in [1.807, 2.05) is 0 Å². The first-order chi connectivity index (χ1) is 10.7. The highest BCUT2D eigenvalue weighted by molar-refractivity contribution is 6.21. The molecule has 1 aliphatic heterocycles. The Morgan fingerprint density at radius 3 is 2.09 bits per heavy atom. The number of imide groups is 1. The summed E-state index contributed by atoms with van der Waals surface area (Å²) in [6, 6.07) is 5.86. The molecule has 0 spiro atoms. The van der Waals surface area contributed by atoms with E-state index >= 15 is 0 Å². The molecule has 0 unspecified atom stereocenters. The van der Waals surface area contributed by atoms with Crippen molar-refractivity contribution in [3.63, 3.8) is 0 Å². The maximum atomic E-state index is 12.6. The minimum atomic E-state index is -0.778. The normalized spacial score (nSPS) is 15.2. The van der Waals surface area contributed by atoms with Gasteiger partial charge in [0.25, 0.3) is 11.8 Å². The summed E-state index contributed by atoms with van der Waals surface area (Å²) in [6.07, 6.45) is 0.687. The Hall–Kier alpha value is -2.63. The van der Waals surface area contributed by atoms with Gasteiger partial charge in [0, 0.05) is 0 Å². The lowest BCUT2D eigenvalue weighted by Gasteiger charge is -2.34. The Balaban J connectivity index is 2.42. The molecule has 122 valence electrons. The van der Waals surface area contributed by atoms with Crippen molar-refractivity contribution < 1.29 is 19.1 Å². The molecule has 6 nitrogen and oxygen atoms in total. The van der Waals surface area contributed by atoms with Crippen LogP contribution in [0.5, 0.6) is 0 Å². The average molecular weight is 316 g/mol. The van der Waals surface area contributed by atoms with Gasteiger partial charge in [-0.25, -0.2) is 9.80 Å². The zero-order valence-electron chi connectivity index (χ0n) is 13.7. The molecule has 0 N–H and O–H groups in total. The lowest BCUT2D eigenvalue weighted by atomic mass is 10.1. The second-order valence-electron chi connectivity index (χ2n) is 6.27. The third kappa shape index (κ3) is 3.11. The summed E-state index contributed by atoms with van der Waals surface area (Å²) in [6.45, 7) is 10.4. The highest BCUT2D eigenvalue weighted by Gasteiger charge is 2.43. The van der Waals surface area contributed by atoms with E-state index in [0.717, 1.165) is 10.0 Å². The molecule has 3 amide bonds. The van der Waals surface area contributed by atoms with Crippen molar-refractivity contribution in [1.82, 2.24) is 10.0 Å². The Kier molecular flexibility index (Phi) is 4.27. The molecule has 1 aromatic carbocycles. The number of carbonyl (C=O) groups excluding carboxylic acids is 3. The molecule has 0 saturated carbocycles. The Labute approximate surface area is 135 Å². The van der Waals surface area contributed by atoms with Crippen LogP contribution >= 0.6 is 0 Å². The third-order valence-corrected chi connectivity index (χ3v) is 3.30. The number of hydrogen-bond donors (Lipinski definition) is 0. The van der Waals surface area contributed by atoms with Crippen molar-refractivity contribution in [2.75, 3.05) is 0 Å². The summed E-state index contributed by atoms with van der Waals surface area (Å²) < 4.78 is 5.32. The van der Waals surface area contributed by atoms with Crippen LogP contribution in [0.4, 0.5) is 4.79 Å². The number of hydrazine groups is 1. The van der Waals surface area contributed by atoms with Gasteiger partial charge >= 0.3 is 6.09 Å². The fraction of sp³-hybridized carbons (Fsp3) is 0.353. The highest BCUT2D eigenvalue weighted by atomic mass is 16.6. The summed E-state index contributed by atoms with van der Waals surface area (Å²) >= 11 is 0. The second-order valence-corrected chi connectivity index (χ2v) is 6.27. The topological polar surface area (TPSA) is 66.9 Å². The molecule has 6 heteroatoms. The number of ether oxygens (including phenoxy) is 1. The number of fused-ring (bicyclic) bond motifs is 1. The minimum Gasteiger partial charge on any atom is -0.442 e. The highest BCUT2D eigenvalue weighted by Crippen LogP contribution is 2.26. The number of amides is 3. The Bertz CT molecular complexity index is 640. The number of benzene rings is 1. The Morgan fingerprint density at radius 1 is 1.22 bits per heavy atom. The molecule has 0 aromatic heterocycles. The van der Waals surface area contributed by atoms with E-state index in [1.54, 1.807) is 52.0 Å². The number of hydrogen-bond acceptors (Lipinski definition) is 4. The van der Waals surface area contributed by atoms with Gasteiger partial charge in [-0.2, -0.15) is 5.01 Å². The van der Waals surface area contributed by atoms with Gasteiger partial charge in [-0.1, -0.05) is 18.2 Å². The molecule has 0 aliphatic carbocycles. The van der Waals surface area contributed by atoms with Crippen LogP contribution in [0.15, 0.2) is 36.9 Å². The molecule has 0 saturated heterocycles. The maximum absolute atomic E-state index is 12.6. The quantitative estimate of drug-likeness (QED) is 0.635. The van der Waals surface area contributed by atoms with Crippen LogP contribution in [-0.2, 0) is 4.74 Å². The lowest BCUT2D eigenvalue weighted by Crippen LogP contribution is -2.54. The monoisotopic (exact) mass is 316 g/mol. The van der Waals surface area contributed by atoms with Crippen LogP contribution in [0.2, 0.25) is 0 Å². The predicted molar refractivity (Wildman–Crippen MR) is 84.7 cm³/mol. The molecular formula is C17H20N2O4. The van der Waals surface area contributed by atoms with E-state index in [9.17, 15) is 14.4 Å². The first-order valence-electron chi connectivity index (χ1n) is 7.30. The molecule has 0 radical (unpaired) electrons. The van der Waals surface area contributed by atoms with E-state index in [4.69, 9.17) is 4.74 Å². The first-order valence-corrected chi connectivity index (χ1v) is 7.30. The van der Waals surface area contributed by atoms with Crippen molar-refractivity contribution in [3.05, 3.63) is 48.0 Å². The molecule has 2 rings (SSSR count). The SMILES string of the molecule is C=C[C@@H](C)N(C(=O)OC(C)(C)C)N1C(=O)c2ccccc2C1=O. The van der Waals surface area contributed by atoms with Gasteiger partial charge in [0.2, 0.25) is 0 Å². The van der Waals surface area contributed by atoms with E-state index in [2.05, 4.69) is 6.58 Å². The summed E-state index contributed by atoms with van der Waals surface area (Å²) in [7, 11) is 0. The van der Waals surface area contributed by atoms with Gasteiger partial charge in [0.1, 0.15) is 5.60 Å². The van der Waals surface area contributed by atoms with Crippen LogP contribution in [0, 0.1) is 0 Å². The van der Waals surface area contributed by atoms with Gasteiger partial charge in [-0.3, -0.25) is 9.59 Å². The molecular weight excluding hydrogens is 296 g/mol. The molecule has 1 aliphatic rings. The number of rotatable bonds is 3. The van der Waals surface area contributed by atoms with Gasteiger partial charge < -0.3 is 4.74 Å². The van der Waals surface area contributed by atoms with Crippen molar-refractivity contribution in [3.8, 4) is 0 Å². The fourth-order valence-electron chi connectivity index (χ4n) is 2.21. The summed E-state index contributed by atoms with van der Waals surface area (Å²) in [5.74, 6) is -1.10. The number of carbonyl (C=O) groups is 3. The van der Waals surface area contributed by atoms with E-state index < -0.39 is 29.6 Å². The van der Waals surface area contributed by atoms with Crippen LogP contribution in [0.3, 0.4) is 0 Å². The standard InChI is InChI=1S/C17H20N2O4/c1-6-11(2)18(16(22)23-17(3,4)5)19-14(20)12-9-7-8-10-13(12)15(19)21/h6-11H,1H2,2-5H3/t11-/m1/s1. The molecule has 0 fully saturated rings. The summed E-state index contributed by atoms with van der Waals surface area (Å²) in [5, 5.41) is 1.83. The van der Waals surface area contributed by atoms with Crippen molar-refractivity contribution in [1.29, 1.82) is 0 Å². The summed E-state index contributed by atoms with van der Waals surface area (Å²) in [4.78, 5) is 37.6. The largest absolute Gasteiger partial charge is 0.442 e. The molecule has 1 heterocycles. The minimum absolute atomic E-state index is 0.266. The van der Waals surface area contributed by atoms with Crippen molar-refractivity contribution in [2.45, 2.75) is 39.3 Å². The van der Waals surface area contributed by atoms with Crippen LogP contribution in [0.1, 0.15) is 48.4 Å². The maximum Gasteiger partial charge on any atom is 0.430 e. The van der Waals surface area contributed by atoms with E-state index in [1.165, 1.54) is 6.08 Å². The van der Waals surface area contributed by atoms with Crippen LogP contribution in [-0.4, -0.2) is 39.6 Å². The van der Waals surface area contributed by atoms with Gasteiger partial charge in [0.15, 0.2) is 0 Å². The average Bonchev–Trinajstić information content (AvgIpc) is 2.71. The van der Waals surface area contributed by atoms with Gasteiger partial charge in [-0.05, 0) is 39.8 Å². The summed E-state index contributed by atoms with van der Waals surface area (Å²) in [5.41, 5.74) is -0.223.